The Morgan fingerprint density at radius 3 is 2.12 bits per heavy atom. The molecule has 1 rings (SSSR count). The highest BCUT2D eigenvalue weighted by Crippen LogP contribution is 2.23. The topological polar surface area (TPSA) is 0 Å². The minimum absolute atomic E-state index is 0.747. The molecular formula is C15H23Br. The van der Waals surface area contributed by atoms with Crippen LogP contribution < -0.4 is 0 Å². The lowest BCUT2D eigenvalue weighted by atomic mass is 9.93. The van der Waals surface area contributed by atoms with Gasteiger partial charge in [0.15, 0.2) is 0 Å². The van der Waals surface area contributed by atoms with E-state index in [1.165, 1.54) is 43.2 Å². The van der Waals surface area contributed by atoms with Crippen LogP contribution in [0.4, 0.5) is 0 Å². The molecule has 1 aromatic rings. The van der Waals surface area contributed by atoms with Gasteiger partial charge in [-0.3, -0.25) is 0 Å². The van der Waals surface area contributed by atoms with E-state index in [1.54, 1.807) is 0 Å². The van der Waals surface area contributed by atoms with Crippen LogP contribution in [0.15, 0.2) is 24.3 Å². The van der Waals surface area contributed by atoms with Crippen molar-refractivity contribution in [1.82, 2.24) is 0 Å². The molecule has 0 aliphatic rings. The van der Waals surface area contributed by atoms with Crippen molar-refractivity contribution in [2.24, 2.45) is 0 Å². The van der Waals surface area contributed by atoms with Crippen LogP contribution in [-0.4, -0.2) is 5.33 Å². The molecule has 0 aromatic heterocycles. The van der Waals surface area contributed by atoms with Crippen LogP contribution in [0.5, 0.6) is 0 Å². The Kier molecular flexibility index (Phi) is 6.79. The van der Waals surface area contributed by atoms with Crippen LogP contribution in [0.3, 0.4) is 0 Å². The van der Waals surface area contributed by atoms with E-state index in [0.717, 1.165) is 11.2 Å². The highest BCUT2D eigenvalue weighted by molar-refractivity contribution is 9.09. The van der Waals surface area contributed by atoms with Gasteiger partial charge in [0.05, 0.1) is 0 Å². The van der Waals surface area contributed by atoms with Gasteiger partial charge in [-0.05, 0) is 49.1 Å². The average molecular weight is 283 g/mol. The molecule has 0 nitrogen and oxygen atoms in total. The molecule has 1 heteroatoms. The first-order chi connectivity index (χ1) is 7.81. The molecule has 0 atom stereocenters. The van der Waals surface area contributed by atoms with Gasteiger partial charge in [0.2, 0.25) is 0 Å². The van der Waals surface area contributed by atoms with Crippen molar-refractivity contribution in [2.45, 2.75) is 51.9 Å². The molecule has 90 valence electrons. The van der Waals surface area contributed by atoms with Gasteiger partial charge in [0.25, 0.3) is 0 Å². The molecular weight excluding hydrogens is 260 g/mol. The highest BCUT2D eigenvalue weighted by Gasteiger charge is 2.05. The Morgan fingerprint density at radius 2 is 1.62 bits per heavy atom. The van der Waals surface area contributed by atoms with E-state index >= 15 is 0 Å². The molecule has 0 amide bonds. The maximum absolute atomic E-state index is 3.47. The van der Waals surface area contributed by atoms with Gasteiger partial charge in [-0.2, -0.15) is 0 Å². The summed E-state index contributed by atoms with van der Waals surface area (Å²) >= 11 is 3.47. The predicted molar refractivity (Wildman–Crippen MR) is 76.5 cm³/mol. The number of hydrogen-bond donors (Lipinski definition) is 0. The lowest BCUT2D eigenvalue weighted by Gasteiger charge is -2.13. The van der Waals surface area contributed by atoms with Crippen molar-refractivity contribution < 1.29 is 0 Å². The Balaban J connectivity index is 2.53. The summed E-state index contributed by atoms with van der Waals surface area (Å²) in [4.78, 5) is 0. The molecule has 0 fully saturated rings. The molecule has 0 aliphatic carbocycles. The fraction of sp³-hybridized carbons (Fsp3) is 0.600. The highest BCUT2D eigenvalue weighted by atomic mass is 79.9. The van der Waals surface area contributed by atoms with Crippen LogP contribution in [0.1, 0.15) is 56.6 Å². The molecule has 0 spiro atoms. The molecule has 0 heterocycles. The van der Waals surface area contributed by atoms with E-state index in [2.05, 4.69) is 54.0 Å². The van der Waals surface area contributed by atoms with E-state index in [-0.39, 0.29) is 0 Å². The zero-order valence-corrected chi connectivity index (χ0v) is 12.1. The minimum atomic E-state index is 0.747. The van der Waals surface area contributed by atoms with Gasteiger partial charge >= 0.3 is 0 Å². The molecule has 0 N–H and O–H groups in total. The zero-order valence-electron chi connectivity index (χ0n) is 10.5. The summed E-state index contributed by atoms with van der Waals surface area (Å²) in [7, 11) is 0. The molecule has 16 heavy (non-hydrogen) atoms. The lowest BCUT2D eigenvalue weighted by molar-refractivity contribution is 0.641. The Bertz CT molecular complexity index is 272. The van der Waals surface area contributed by atoms with Crippen LogP contribution in [0.25, 0.3) is 0 Å². The number of aryl methyl sites for hydroxylation is 1. The van der Waals surface area contributed by atoms with Crippen molar-refractivity contribution >= 4 is 15.9 Å². The van der Waals surface area contributed by atoms with Crippen molar-refractivity contribution in [3.05, 3.63) is 35.4 Å². The number of benzene rings is 1. The number of alkyl halides is 1. The summed E-state index contributed by atoms with van der Waals surface area (Å²) in [5, 5.41) is 1.12. The first-order valence-corrected chi connectivity index (χ1v) is 7.58. The normalized spacial score (nSPS) is 11.0. The Hall–Kier alpha value is -0.300. The van der Waals surface area contributed by atoms with Gasteiger partial charge in [-0.15, -0.1) is 0 Å². The minimum Gasteiger partial charge on any atom is -0.0928 e. The molecule has 0 bridgehead atoms. The number of unbranched alkanes of at least 4 members (excludes halogenated alkanes) is 1. The van der Waals surface area contributed by atoms with Gasteiger partial charge in [-0.1, -0.05) is 54.0 Å². The fourth-order valence-corrected chi connectivity index (χ4v) is 2.54. The SMILES string of the molecule is CCC(CC)c1ccc(CCCCBr)cc1. The third-order valence-electron chi connectivity index (χ3n) is 3.29. The van der Waals surface area contributed by atoms with Crippen LogP contribution in [0, 0.1) is 0 Å². The van der Waals surface area contributed by atoms with E-state index in [0.29, 0.717) is 0 Å². The third-order valence-corrected chi connectivity index (χ3v) is 3.85. The summed E-state index contributed by atoms with van der Waals surface area (Å²) in [6, 6.07) is 9.26. The van der Waals surface area contributed by atoms with Crippen LogP contribution in [0.2, 0.25) is 0 Å². The van der Waals surface area contributed by atoms with Gasteiger partial charge in [-0.25, -0.2) is 0 Å². The lowest BCUT2D eigenvalue weighted by Crippen LogP contribution is -1.95. The van der Waals surface area contributed by atoms with Gasteiger partial charge in [0, 0.05) is 5.33 Å². The first kappa shape index (κ1) is 13.8. The predicted octanol–water partition coefficient (Wildman–Crippen LogP) is 5.31. The largest absolute Gasteiger partial charge is 0.0928 e. The van der Waals surface area contributed by atoms with E-state index in [4.69, 9.17) is 0 Å². The zero-order chi connectivity index (χ0) is 11.8. The van der Waals surface area contributed by atoms with Crippen molar-refractivity contribution in [3.63, 3.8) is 0 Å². The molecule has 0 saturated heterocycles. The smallest absolute Gasteiger partial charge is 0.00314 e. The van der Waals surface area contributed by atoms with Crippen molar-refractivity contribution in [2.75, 3.05) is 5.33 Å². The molecule has 1 aromatic carbocycles. The van der Waals surface area contributed by atoms with Crippen LogP contribution in [-0.2, 0) is 6.42 Å². The summed E-state index contributed by atoms with van der Waals surface area (Å²) < 4.78 is 0. The second-order valence-corrected chi connectivity index (χ2v) is 5.19. The molecule has 0 radical (unpaired) electrons. The molecule has 0 aliphatic heterocycles. The number of rotatable bonds is 7. The number of hydrogen-bond acceptors (Lipinski definition) is 0. The quantitative estimate of drug-likeness (QED) is 0.470. The maximum atomic E-state index is 3.47. The molecule has 0 unspecified atom stereocenters. The van der Waals surface area contributed by atoms with Crippen LogP contribution >= 0.6 is 15.9 Å². The average Bonchev–Trinajstić information content (AvgIpc) is 2.33. The monoisotopic (exact) mass is 282 g/mol. The second-order valence-electron chi connectivity index (χ2n) is 4.40. The maximum Gasteiger partial charge on any atom is 0.00314 e. The summed E-state index contributed by atoms with van der Waals surface area (Å²) in [5.41, 5.74) is 2.99. The van der Waals surface area contributed by atoms with Gasteiger partial charge < -0.3 is 0 Å². The summed E-state index contributed by atoms with van der Waals surface area (Å²) in [6.45, 7) is 4.55. The third kappa shape index (κ3) is 4.29. The standard InChI is InChI=1S/C15H23Br/c1-3-14(4-2)15-10-8-13(9-11-15)7-5-6-12-16/h8-11,14H,3-7,12H2,1-2H3. The Labute approximate surface area is 109 Å². The van der Waals surface area contributed by atoms with E-state index in [1.807, 2.05) is 0 Å². The van der Waals surface area contributed by atoms with E-state index in [9.17, 15) is 0 Å². The Morgan fingerprint density at radius 1 is 1.00 bits per heavy atom. The first-order valence-electron chi connectivity index (χ1n) is 6.46. The van der Waals surface area contributed by atoms with Gasteiger partial charge in [0.1, 0.15) is 0 Å². The summed E-state index contributed by atoms with van der Waals surface area (Å²) in [5.74, 6) is 0.747. The molecule has 0 saturated carbocycles. The number of halogens is 1. The van der Waals surface area contributed by atoms with Crippen molar-refractivity contribution in [3.8, 4) is 0 Å². The second kappa shape index (κ2) is 7.89. The summed E-state index contributed by atoms with van der Waals surface area (Å²) in [6.07, 6.45) is 6.28. The fourth-order valence-electron chi connectivity index (χ4n) is 2.14. The van der Waals surface area contributed by atoms with E-state index < -0.39 is 0 Å². The van der Waals surface area contributed by atoms with Crippen molar-refractivity contribution in [1.29, 1.82) is 0 Å².